The van der Waals surface area contributed by atoms with Gasteiger partial charge in [0.05, 0.1) is 7.11 Å². The van der Waals surface area contributed by atoms with Crippen LogP contribution < -0.4 is 19.7 Å². The number of nitrogens with one attached hydrogen (secondary N) is 1. The maximum atomic E-state index is 12.2. The van der Waals surface area contributed by atoms with Crippen molar-refractivity contribution in [2.24, 2.45) is 0 Å². The number of hydrogen-bond donors (Lipinski definition) is 1. The summed E-state index contributed by atoms with van der Waals surface area (Å²) in [5, 5.41) is 2.81. The molecule has 6 nitrogen and oxygen atoms in total. The molecule has 2 aromatic carbocycles. The van der Waals surface area contributed by atoms with Crippen molar-refractivity contribution in [1.82, 2.24) is 0 Å². The second-order valence-corrected chi connectivity index (χ2v) is 6.14. The van der Waals surface area contributed by atoms with Crippen molar-refractivity contribution in [2.75, 3.05) is 30.5 Å². The minimum absolute atomic E-state index is 0.121. The molecule has 136 valence electrons. The van der Waals surface area contributed by atoms with Crippen LogP contribution in [0.1, 0.15) is 18.4 Å². The van der Waals surface area contributed by atoms with Crippen molar-refractivity contribution in [1.29, 1.82) is 0 Å². The molecule has 0 bridgehead atoms. The number of carbonyl (C=O) groups excluding carboxylic acids is 2. The van der Waals surface area contributed by atoms with E-state index in [1.54, 1.807) is 24.1 Å². The van der Waals surface area contributed by atoms with E-state index in [4.69, 9.17) is 9.47 Å². The minimum atomic E-state index is -0.279. The summed E-state index contributed by atoms with van der Waals surface area (Å²) >= 11 is 0. The molecule has 0 atom stereocenters. The van der Waals surface area contributed by atoms with E-state index in [0.717, 1.165) is 17.7 Å². The van der Waals surface area contributed by atoms with Crippen molar-refractivity contribution < 1.29 is 19.1 Å². The quantitative estimate of drug-likeness (QED) is 0.865. The van der Waals surface area contributed by atoms with E-state index >= 15 is 0 Å². The number of hydrogen-bond acceptors (Lipinski definition) is 4. The second-order valence-electron chi connectivity index (χ2n) is 6.14. The molecule has 1 N–H and O–H groups in total. The van der Waals surface area contributed by atoms with Gasteiger partial charge in [0, 0.05) is 24.3 Å². The fraction of sp³-hybridized carbons (Fsp3) is 0.300. The van der Waals surface area contributed by atoms with Gasteiger partial charge in [0.2, 0.25) is 5.91 Å². The number of carbonyl (C=O) groups is 2. The summed E-state index contributed by atoms with van der Waals surface area (Å²) in [7, 11) is 1.55. The lowest BCUT2D eigenvalue weighted by molar-refractivity contribution is -0.118. The Bertz CT molecular complexity index is 819. The molecule has 0 saturated carbocycles. The summed E-state index contributed by atoms with van der Waals surface area (Å²) in [5.74, 6) is 0.928. The van der Waals surface area contributed by atoms with Crippen LogP contribution in [0.3, 0.4) is 0 Å². The maximum absolute atomic E-state index is 12.2. The molecule has 0 radical (unpaired) electrons. The first-order valence-corrected chi connectivity index (χ1v) is 8.55. The number of ether oxygens (including phenoxy) is 2. The molecule has 0 aliphatic carbocycles. The number of amides is 2. The van der Waals surface area contributed by atoms with Crippen LogP contribution in [0.4, 0.5) is 11.4 Å². The first kappa shape index (κ1) is 17.8. The van der Waals surface area contributed by atoms with Crippen molar-refractivity contribution in [3.63, 3.8) is 0 Å². The molecular weight excluding hydrogens is 332 g/mol. The topological polar surface area (TPSA) is 67.9 Å². The predicted octanol–water partition coefficient (Wildman–Crippen LogP) is 3.15. The Hall–Kier alpha value is -3.02. The van der Waals surface area contributed by atoms with Crippen LogP contribution in [0, 0.1) is 6.92 Å². The highest BCUT2D eigenvalue weighted by Crippen LogP contribution is 2.28. The summed E-state index contributed by atoms with van der Waals surface area (Å²) in [6, 6.07) is 12.7. The van der Waals surface area contributed by atoms with Gasteiger partial charge in [-0.2, -0.15) is 0 Å². The Morgan fingerprint density at radius 1 is 1.19 bits per heavy atom. The molecule has 3 rings (SSSR count). The van der Waals surface area contributed by atoms with Gasteiger partial charge in [-0.15, -0.1) is 0 Å². The summed E-state index contributed by atoms with van der Waals surface area (Å²) in [6.07, 6.45) is 1.43. The average Bonchev–Trinajstić information content (AvgIpc) is 3.07. The van der Waals surface area contributed by atoms with Crippen molar-refractivity contribution in [2.45, 2.75) is 19.8 Å². The Morgan fingerprint density at radius 3 is 2.65 bits per heavy atom. The highest BCUT2D eigenvalue weighted by molar-refractivity contribution is 5.98. The molecule has 0 aromatic heterocycles. The van der Waals surface area contributed by atoms with E-state index in [9.17, 15) is 9.59 Å². The van der Waals surface area contributed by atoms with Crippen molar-refractivity contribution in [3.05, 3.63) is 48.0 Å². The summed E-state index contributed by atoms with van der Waals surface area (Å²) in [6.45, 7) is 2.54. The lowest BCUT2D eigenvalue weighted by atomic mass is 10.1. The molecule has 1 heterocycles. The van der Waals surface area contributed by atoms with E-state index < -0.39 is 0 Å². The van der Waals surface area contributed by atoms with Gasteiger partial charge >= 0.3 is 0 Å². The van der Waals surface area contributed by atoms with Crippen LogP contribution in [0.15, 0.2) is 42.5 Å². The van der Waals surface area contributed by atoms with Crippen LogP contribution in [-0.4, -0.2) is 32.1 Å². The van der Waals surface area contributed by atoms with Crippen LogP contribution in [0.2, 0.25) is 0 Å². The van der Waals surface area contributed by atoms with Gasteiger partial charge in [-0.05, 0) is 43.2 Å². The van der Waals surface area contributed by atoms with Gasteiger partial charge < -0.3 is 19.7 Å². The zero-order valence-corrected chi connectivity index (χ0v) is 15.0. The molecule has 1 aliphatic rings. The Morgan fingerprint density at radius 2 is 1.96 bits per heavy atom. The van der Waals surface area contributed by atoms with E-state index in [1.165, 1.54) is 0 Å². The Kier molecular flexibility index (Phi) is 5.41. The fourth-order valence-electron chi connectivity index (χ4n) is 2.96. The van der Waals surface area contributed by atoms with Crippen LogP contribution in [-0.2, 0) is 9.59 Å². The second kappa shape index (κ2) is 7.91. The number of rotatable bonds is 6. The van der Waals surface area contributed by atoms with Crippen molar-refractivity contribution >= 4 is 23.2 Å². The third kappa shape index (κ3) is 3.96. The standard InChI is InChI=1S/C20H22N2O4/c1-14-9-10-15(12-16(14)22-11-5-8-20(22)24)21-19(23)13-26-18-7-4-3-6-17(18)25-2/h3-4,6-7,9-10,12H,5,8,11,13H2,1-2H3,(H,21,23). The van der Waals surface area contributed by atoms with E-state index in [1.807, 2.05) is 37.3 Å². The monoisotopic (exact) mass is 354 g/mol. The van der Waals surface area contributed by atoms with Gasteiger partial charge in [0.25, 0.3) is 5.91 Å². The van der Waals surface area contributed by atoms with E-state index in [0.29, 0.717) is 30.2 Å². The van der Waals surface area contributed by atoms with E-state index in [2.05, 4.69) is 5.32 Å². The Balaban J connectivity index is 1.65. The summed E-state index contributed by atoms with van der Waals surface area (Å²) in [5.41, 5.74) is 2.48. The van der Waals surface area contributed by atoms with Crippen LogP contribution in [0.25, 0.3) is 0 Å². The van der Waals surface area contributed by atoms with Gasteiger partial charge in [0.15, 0.2) is 18.1 Å². The van der Waals surface area contributed by atoms with Gasteiger partial charge in [-0.3, -0.25) is 9.59 Å². The number of methoxy groups -OCH3 is 1. The molecule has 0 unspecified atom stereocenters. The largest absolute Gasteiger partial charge is 0.493 e. The van der Waals surface area contributed by atoms with E-state index in [-0.39, 0.29) is 18.4 Å². The average molecular weight is 354 g/mol. The number of para-hydroxylation sites is 2. The maximum Gasteiger partial charge on any atom is 0.262 e. The first-order valence-electron chi connectivity index (χ1n) is 8.55. The normalized spacial score (nSPS) is 13.6. The summed E-state index contributed by atoms with van der Waals surface area (Å²) < 4.78 is 10.7. The minimum Gasteiger partial charge on any atom is -0.493 e. The SMILES string of the molecule is COc1ccccc1OCC(=O)Nc1ccc(C)c(N2CCCC2=O)c1. The number of benzene rings is 2. The van der Waals surface area contributed by atoms with Crippen LogP contribution in [0.5, 0.6) is 11.5 Å². The molecule has 2 amide bonds. The fourth-order valence-corrected chi connectivity index (χ4v) is 2.96. The van der Waals surface area contributed by atoms with Gasteiger partial charge in [-0.1, -0.05) is 18.2 Å². The third-order valence-electron chi connectivity index (χ3n) is 4.28. The first-order chi connectivity index (χ1) is 12.6. The van der Waals surface area contributed by atoms with Gasteiger partial charge in [0.1, 0.15) is 0 Å². The highest BCUT2D eigenvalue weighted by atomic mass is 16.5. The van der Waals surface area contributed by atoms with Crippen molar-refractivity contribution in [3.8, 4) is 11.5 Å². The zero-order valence-electron chi connectivity index (χ0n) is 15.0. The lowest BCUT2D eigenvalue weighted by Gasteiger charge is -2.19. The molecule has 1 saturated heterocycles. The zero-order chi connectivity index (χ0) is 18.5. The number of aryl methyl sites for hydroxylation is 1. The smallest absolute Gasteiger partial charge is 0.262 e. The summed E-state index contributed by atoms with van der Waals surface area (Å²) in [4.78, 5) is 26.0. The predicted molar refractivity (Wildman–Crippen MR) is 99.9 cm³/mol. The molecule has 26 heavy (non-hydrogen) atoms. The third-order valence-corrected chi connectivity index (χ3v) is 4.28. The molecule has 1 aliphatic heterocycles. The molecule has 1 fully saturated rings. The van der Waals surface area contributed by atoms with Crippen LogP contribution >= 0.6 is 0 Å². The Labute approximate surface area is 152 Å². The lowest BCUT2D eigenvalue weighted by Crippen LogP contribution is -2.25. The highest BCUT2D eigenvalue weighted by Gasteiger charge is 2.23. The molecule has 0 spiro atoms. The number of anilines is 2. The molecular formula is C20H22N2O4. The number of nitrogens with zero attached hydrogens (tertiary/aromatic N) is 1. The van der Waals surface area contributed by atoms with Gasteiger partial charge in [-0.25, -0.2) is 0 Å². The molecule has 2 aromatic rings. The molecule has 6 heteroatoms.